The molecule has 0 atom stereocenters. The van der Waals surface area contributed by atoms with Crippen LogP contribution in [0.15, 0.2) is 47.4 Å². The molecule has 5 nitrogen and oxygen atoms in total. The van der Waals surface area contributed by atoms with Crippen molar-refractivity contribution in [3.05, 3.63) is 58.6 Å². The monoisotopic (exact) mass is 377 g/mol. The molecule has 0 spiro atoms. The van der Waals surface area contributed by atoms with E-state index in [9.17, 15) is 8.42 Å². The summed E-state index contributed by atoms with van der Waals surface area (Å²) in [6.07, 6.45) is 0. The number of anilines is 1. The Bertz CT molecular complexity index is 870. The zero-order valence-corrected chi connectivity index (χ0v) is 15.7. The van der Waals surface area contributed by atoms with Gasteiger partial charge < -0.3 is 5.32 Å². The van der Waals surface area contributed by atoms with Crippen molar-refractivity contribution in [3.8, 4) is 6.07 Å². The molecule has 0 aliphatic carbocycles. The first kappa shape index (κ1) is 19.3. The Labute approximate surface area is 153 Å². The third-order valence-corrected chi connectivity index (χ3v) is 6.15. The molecule has 0 saturated heterocycles. The van der Waals surface area contributed by atoms with E-state index in [1.807, 2.05) is 13.8 Å². The summed E-state index contributed by atoms with van der Waals surface area (Å²) in [5, 5.41) is 12.8. The van der Waals surface area contributed by atoms with E-state index in [1.54, 1.807) is 42.5 Å². The number of hydrogen-bond acceptors (Lipinski definition) is 4. The van der Waals surface area contributed by atoms with Crippen LogP contribution in [-0.4, -0.2) is 25.8 Å². The van der Waals surface area contributed by atoms with Gasteiger partial charge >= 0.3 is 0 Å². The molecule has 1 N–H and O–H groups in total. The number of nitriles is 1. The molecule has 2 aromatic rings. The van der Waals surface area contributed by atoms with E-state index in [0.717, 1.165) is 5.56 Å². The molecule has 0 unspecified atom stereocenters. The normalized spacial score (nSPS) is 11.3. The van der Waals surface area contributed by atoms with E-state index in [0.29, 0.717) is 35.9 Å². The van der Waals surface area contributed by atoms with Gasteiger partial charge in [-0.1, -0.05) is 37.6 Å². The van der Waals surface area contributed by atoms with Gasteiger partial charge in [0.1, 0.15) is 6.07 Å². The van der Waals surface area contributed by atoms with Gasteiger partial charge in [0, 0.05) is 24.7 Å². The van der Waals surface area contributed by atoms with Crippen molar-refractivity contribution in [2.75, 3.05) is 18.4 Å². The Hall–Kier alpha value is -2.07. The summed E-state index contributed by atoms with van der Waals surface area (Å²) >= 11 is 5.88. The zero-order valence-electron chi connectivity index (χ0n) is 14.2. The molecule has 0 aliphatic heterocycles. The first-order valence-corrected chi connectivity index (χ1v) is 9.76. The third kappa shape index (κ3) is 4.51. The smallest absolute Gasteiger partial charge is 0.243 e. The second-order valence-electron chi connectivity index (χ2n) is 5.39. The molecule has 0 aromatic heterocycles. The highest BCUT2D eigenvalue weighted by atomic mass is 35.5. The SMILES string of the molecule is CCN(CC)S(=O)(=O)c1ccc(CNc2ccc(Cl)cc2C#N)cc1. The quantitative estimate of drug-likeness (QED) is 0.795. The highest BCUT2D eigenvalue weighted by Gasteiger charge is 2.21. The molecule has 2 aromatic carbocycles. The van der Waals surface area contributed by atoms with E-state index in [-0.39, 0.29) is 4.90 Å². The van der Waals surface area contributed by atoms with Gasteiger partial charge in [0.2, 0.25) is 10.0 Å². The van der Waals surface area contributed by atoms with Crippen LogP contribution >= 0.6 is 11.6 Å². The van der Waals surface area contributed by atoms with Crippen molar-refractivity contribution >= 4 is 27.3 Å². The van der Waals surface area contributed by atoms with E-state index >= 15 is 0 Å². The minimum atomic E-state index is -3.45. The van der Waals surface area contributed by atoms with Gasteiger partial charge in [0.15, 0.2) is 0 Å². The Kier molecular flexibility index (Phi) is 6.43. The fourth-order valence-electron chi connectivity index (χ4n) is 2.45. The number of halogens is 1. The van der Waals surface area contributed by atoms with Crippen molar-refractivity contribution < 1.29 is 8.42 Å². The van der Waals surface area contributed by atoms with Gasteiger partial charge in [-0.2, -0.15) is 9.57 Å². The molecule has 0 aliphatic rings. The molecule has 0 amide bonds. The first-order valence-electron chi connectivity index (χ1n) is 7.95. The topological polar surface area (TPSA) is 73.2 Å². The minimum absolute atomic E-state index is 0.282. The second-order valence-corrected chi connectivity index (χ2v) is 7.76. The molecular weight excluding hydrogens is 358 g/mol. The predicted octanol–water partition coefficient (Wildman–Crippen LogP) is 3.85. The van der Waals surface area contributed by atoms with Crippen LogP contribution in [0.4, 0.5) is 5.69 Å². The lowest BCUT2D eigenvalue weighted by molar-refractivity contribution is 0.445. The average molecular weight is 378 g/mol. The molecule has 0 heterocycles. The lowest BCUT2D eigenvalue weighted by Gasteiger charge is -2.18. The van der Waals surface area contributed by atoms with Crippen LogP contribution in [0.2, 0.25) is 5.02 Å². The van der Waals surface area contributed by atoms with Crippen LogP contribution in [0.3, 0.4) is 0 Å². The summed E-state index contributed by atoms with van der Waals surface area (Å²) in [6.45, 7) is 4.99. The van der Waals surface area contributed by atoms with Gasteiger partial charge in [-0.3, -0.25) is 0 Å². The number of nitrogens with zero attached hydrogens (tertiary/aromatic N) is 2. The summed E-state index contributed by atoms with van der Waals surface area (Å²) in [4.78, 5) is 0.282. The van der Waals surface area contributed by atoms with Crippen molar-refractivity contribution in [1.82, 2.24) is 4.31 Å². The number of rotatable bonds is 7. The first-order chi connectivity index (χ1) is 11.9. The maximum absolute atomic E-state index is 12.5. The lowest BCUT2D eigenvalue weighted by atomic mass is 10.1. The van der Waals surface area contributed by atoms with Crippen molar-refractivity contribution in [3.63, 3.8) is 0 Å². The van der Waals surface area contributed by atoms with Crippen LogP contribution < -0.4 is 5.32 Å². The van der Waals surface area contributed by atoms with Crippen LogP contribution in [0, 0.1) is 11.3 Å². The minimum Gasteiger partial charge on any atom is -0.380 e. The number of hydrogen-bond donors (Lipinski definition) is 1. The highest BCUT2D eigenvalue weighted by Crippen LogP contribution is 2.21. The van der Waals surface area contributed by atoms with Crippen LogP contribution in [0.1, 0.15) is 25.0 Å². The Morgan fingerprint density at radius 3 is 2.32 bits per heavy atom. The molecule has 25 heavy (non-hydrogen) atoms. The summed E-state index contributed by atoms with van der Waals surface area (Å²) in [7, 11) is -3.45. The lowest BCUT2D eigenvalue weighted by Crippen LogP contribution is -2.30. The molecule has 0 radical (unpaired) electrons. The van der Waals surface area contributed by atoms with Gasteiger partial charge in [-0.05, 0) is 35.9 Å². The maximum atomic E-state index is 12.5. The van der Waals surface area contributed by atoms with Crippen molar-refractivity contribution in [2.45, 2.75) is 25.3 Å². The molecule has 2 rings (SSSR count). The molecule has 0 bridgehead atoms. The Morgan fingerprint density at radius 2 is 1.76 bits per heavy atom. The van der Waals surface area contributed by atoms with Crippen LogP contribution in [-0.2, 0) is 16.6 Å². The number of sulfonamides is 1. The van der Waals surface area contributed by atoms with Crippen LogP contribution in [0.5, 0.6) is 0 Å². The molecule has 7 heteroatoms. The van der Waals surface area contributed by atoms with Crippen LogP contribution in [0.25, 0.3) is 0 Å². The van der Waals surface area contributed by atoms with Crippen molar-refractivity contribution in [2.24, 2.45) is 0 Å². The Morgan fingerprint density at radius 1 is 1.12 bits per heavy atom. The summed E-state index contributed by atoms with van der Waals surface area (Å²) in [6, 6.07) is 13.9. The fraction of sp³-hybridized carbons (Fsp3) is 0.278. The highest BCUT2D eigenvalue weighted by molar-refractivity contribution is 7.89. The molecular formula is C18H20ClN3O2S. The third-order valence-electron chi connectivity index (χ3n) is 3.85. The maximum Gasteiger partial charge on any atom is 0.243 e. The van der Waals surface area contributed by atoms with E-state index in [4.69, 9.17) is 16.9 Å². The van der Waals surface area contributed by atoms with E-state index < -0.39 is 10.0 Å². The number of benzene rings is 2. The van der Waals surface area contributed by atoms with E-state index in [1.165, 1.54) is 4.31 Å². The predicted molar refractivity (Wildman–Crippen MR) is 100 cm³/mol. The largest absolute Gasteiger partial charge is 0.380 e. The van der Waals surface area contributed by atoms with Gasteiger partial charge in [0.25, 0.3) is 0 Å². The standard InChI is InChI=1S/C18H20ClN3O2S/c1-3-22(4-2)25(23,24)17-8-5-14(6-9-17)13-21-18-10-7-16(19)11-15(18)12-20/h5-11,21H,3-4,13H2,1-2H3. The summed E-state index contributed by atoms with van der Waals surface area (Å²) in [5.74, 6) is 0. The average Bonchev–Trinajstić information content (AvgIpc) is 2.61. The van der Waals surface area contributed by atoms with Gasteiger partial charge in [-0.15, -0.1) is 0 Å². The molecule has 0 fully saturated rings. The van der Waals surface area contributed by atoms with Crippen molar-refractivity contribution in [1.29, 1.82) is 5.26 Å². The Balaban J connectivity index is 2.13. The fourth-order valence-corrected chi connectivity index (χ4v) is 4.08. The second kappa shape index (κ2) is 8.34. The van der Waals surface area contributed by atoms with Gasteiger partial charge in [-0.25, -0.2) is 8.42 Å². The zero-order chi connectivity index (χ0) is 18.4. The molecule has 132 valence electrons. The van der Waals surface area contributed by atoms with E-state index in [2.05, 4.69) is 11.4 Å². The summed E-state index contributed by atoms with van der Waals surface area (Å²) < 4.78 is 26.3. The summed E-state index contributed by atoms with van der Waals surface area (Å²) in [5.41, 5.74) is 2.07. The van der Waals surface area contributed by atoms with Gasteiger partial charge in [0.05, 0.1) is 16.1 Å². The number of nitrogens with one attached hydrogen (secondary N) is 1. The molecule has 0 saturated carbocycles.